The van der Waals surface area contributed by atoms with Crippen molar-refractivity contribution >= 4 is 17.6 Å². The lowest BCUT2D eigenvalue weighted by Crippen LogP contribution is -2.54. The molecule has 2 aromatic carbocycles. The Morgan fingerprint density at radius 1 is 0.975 bits per heavy atom. The van der Waals surface area contributed by atoms with Gasteiger partial charge in [-0.05, 0) is 73.2 Å². The number of nitriles is 1. The number of nitrogens with one attached hydrogen (secondary N) is 1. The van der Waals surface area contributed by atoms with Gasteiger partial charge in [-0.1, -0.05) is 24.3 Å². The van der Waals surface area contributed by atoms with Gasteiger partial charge in [0.1, 0.15) is 23.5 Å². The number of aromatic nitrogens is 1. The molecule has 2 aliphatic rings. The third kappa shape index (κ3) is 5.81. The fourth-order valence-electron chi connectivity index (χ4n) is 5.78. The van der Waals surface area contributed by atoms with Crippen molar-refractivity contribution in [3.05, 3.63) is 95.2 Å². The molecule has 5 rings (SSSR count). The molecule has 40 heavy (non-hydrogen) atoms. The van der Waals surface area contributed by atoms with Crippen molar-refractivity contribution in [1.29, 1.82) is 5.26 Å². The van der Waals surface area contributed by atoms with Gasteiger partial charge in [0.2, 0.25) is 11.8 Å². The summed E-state index contributed by atoms with van der Waals surface area (Å²) in [4.78, 5) is 35.4. The molecular weight excluding hydrogens is 512 g/mol. The Hall–Kier alpha value is -4.32. The van der Waals surface area contributed by atoms with Gasteiger partial charge >= 0.3 is 0 Å². The monoisotopic (exact) mass is 543 g/mol. The number of pyridine rings is 1. The number of carbonyl (C=O) groups excluding carboxylic acids is 2. The summed E-state index contributed by atoms with van der Waals surface area (Å²) in [6.07, 6.45) is 3.78. The normalized spacial score (nSPS) is 17.2. The SMILES string of the molecule is N#Cc1ccc(N2CCC(C(=O)N3CCC(C(=O)NCc4cccc(F)c4)(c4ccc(F)cc4)CC3)CC2)nc1. The zero-order chi connectivity index (χ0) is 28.1. The molecule has 2 fully saturated rings. The summed E-state index contributed by atoms with van der Waals surface area (Å²) in [7, 11) is 0. The Bertz CT molecular complexity index is 1390. The lowest BCUT2D eigenvalue weighted by atomic mass is 9.71. The van der Waals surface area contributed by atoms with E-state index in [2.05, 4.69) is 21.3 Å². The lowest BCUT2D eigenvalue weighted by Gasteiger charge is -2.43. The molecule has 0 bridgehead atoms. The number of piperidine rings is 2. The smallest absolute Gasteiger partial charge is 0.231 e. The molecule has 7 nitrogen and oxygen atoms in total. The Morgan fingerprint density at radius 3 is 2.33 bits per heavy atom. The first-order valence-electron chi connectivity index (χ1n) is 13.6. The van der Waals surface area contributed by atoms with E-state index >= 15 is 0 Å². The third-order valence-corrected chi connectivity index (χ3v) is 8.15. The summed E-state index contributed by atoms with van der Waals surface area (Å²) in [6.45, 7) is 2.41. The molecule has 0 saturated carbocycles. The number of hydrogen-bond donors (Lipinski definition) is 1. The molecule has 2 saturated heterocycles. The van der Waals surface area contributed by atoms with Crippen molar-refractivity contribution in [3.63, 3.8) is 0 Å². The second-order valence-corrected chi connectivity index (χ2v) is 10.5. The van der Waals surface area contributed by atoms with Crippen LogP contribution in [0.25, 0.3) is 0 Å². The van der Waals surface area contributed by atoms with Gasteiger partial charge in [-0.25, -0.2) is 13.8 Å². The first-order valence-corrected chi connectivity index (χ1v) is 13.6. The van der Waals surface area contributed by atoms with Crippen LogP contribution in [0.15, 0.2) is 66.9 Å². The van der Waals surface area contributed by atoms with Crippen molar-refractivity contribution in [2.45, 2.75) is 37.6 Å². The first kappa shape index (κ1) is 27.3. The quantitative estimate of drug-likeness (QED) is 0.500. The topological polar surface area (TPSA) is 89.3 Å². The summed E-state index contributed by atoms with van der Waals surface area (Å²) in [6, 6.07) is 17.7. The van der Waals surface area contributed by atoms with Gasteiger partial charge in [-0.3, -0.25) is 9.59 Å². The van der Waals surface area contributed by atoms with Crippen LogP contribution >= 0.6 is 0 Å². The Labute approximate surface area is 232 Å². The van der Waals surface area contributed by atoms with Crippen molar-refractivity contribution < 1.29 is 18.4 Å². The molecule has 3 heterocycles. The molecule has 1 aromatic heterocycles. The number of halogens is 2. The van der Waals surface area contributed by atoms with Gasteiger partial charge in [-0.15, -0.1) is 0 Å². The van der Waals surface area contributed by atoms with Gasteiger partial charge in [-0.2, -0.15) is 5.26 Å². The summed E-state index contributed by atoms with van der Waals surface area (Å²) >= 11 is 0. The van der Waals surface area contributed by atoms with E-state index in [-0.39, 0.29) is 35.9 Å². The van der Waals surface area contributed by atoms with Crippen LogP contribution in [0.2, 0.25) is 0 Å². The summed E-state index contributed by atoms with van der Waals surface area (Å²) in [5.41, 5.74) is 0.958. The van der Waals surface area contributed by atoms with Gasteiger partial charge < -0.3 is 15.1 Å². The Morgan fingerprint density at radius 2 is 1.70 bits per heavy atom. The van der Waals surface area contributed by atoms with E-state index in [0.29, 0.717) is 68.6 Å². The lowest BCUT2D eigenvalue weighted by molar-refractivity contribution is -0.140. The van der Waals surface area contributed by atoms with Crippen LogP contribution in [0.5, 0.6) is 0 Å². The number of nitrogens with zero attached hydrogens (tertiary/aromatic N) is 4. The van der Waals surface area contributed by atoms with Crippen molar-refractivity contribution in [3.8, 4) is 6.07 Å². The Balaban J connectivity index is 1.23. The highest BCUT2D eigenvalue weighted by molar-refractivity contribution is 5.89. The van der Waals surface area contributed by atoms with Gasteiger partial charge in [0.25, 0.3) is 0 Å². The number of likely N-dealkylation sites (tertiary alicyclic amines) is 1. The predicted octanol–water partition coefficient (Wildman–Crippen LogP) is 4.32. The van der Waals surface area contributed by atoms with Crippen LogP contribution in [0, 0.1) is 28.9 Å². The number of rotatable bonds is 6. The number of anilines is 1. The van der Waals surface area contributed by atoms with Gasteiger partial charge in [0.05, 0.1) is 11.0 Å². The second-order valence-electron chi connectivity index (χ2n) is 10.5. The minimum Gasteiger partial charge on any atom is -0.357 e. The predicted molar refractivity (Wildman–Crippen MR) is 146 cm³/mol. The molecule has 0 aliphatic carbocycles. The fraction of sp³-hybridized carbons (Fsp3) is 0.355. The third-order valence-electron chi connectivity index (χ3n) is 8.15. The minimum absolute atomic E-state index is 0.0975. The fourth-order valence-corrected chi connectivity index (χ4v) is 5.78. The highest BCUT2D eigenvalue weighted by Crippen LogP contribution is 2.37. The zero-order valence-electron chi connectivity index (χ0n) is 22.2. The molecule has 0 spiro atoms. The van der Waals surface area contributed by atoms with Crippen molar-refractivity contribution in [2.75, 3.05) is 31.1 Å². The standard InChI is InChI=1S/C31H31F2N5O2/c32-26-7-5-25(6-8-26)31(30(40)36-20-22-2-1-3-27(33)18-22)12-16-38(17-13-31)29(39)24-10-14-37(15-11-24)28-9-4-23(19-34)21-35-28/h1-9,18,21,24H,10-17,20H2,(H,36,40). The van der Waals surface area contributed by atoms with Crippen molar-refractivity contribution in [1.82, 2.24) is 15.2 Å². The molecule has 0 atom stereocenters. The summed E-state index contributed by atoms with van der Waals surface area (Å²) in [5.74, 6) is -0.162. The van der Waals surface area contributed by atoms with E-state index in [9.17, 15) is 18.4 Å². The summed E-state index contributed by atoms with van der Waals surface area (Å²) in [5, 5.41) is 11.9. The molecule has 1 N–H and O–H groups in total. The highest BCUT2D eigenvalue weighted by atomic mass is 19.1. The van der Waals surface area contributed by atoms with Crippen molar-refractivity contribution in [2.24, 2.45) is 5.92 Å². The van der Waals surface area contributed by atoms with E-state index in [1.54, 1.807) is 36.5 Å². The van der Waals surface area contributed by atoms with Crippen LogP contribution in [0.1, 0.15) is 42.4 Å². The molecule has 2 amide bonds. The molecule has 9 heteroatoms. The van der Waals surface area contributed by atoms with Crippen LogP contribution < -0.4 is 10.2 Å². The van der Waals surface area contributed by atoms with Gasteiger partial charge in [0, 0.05) is 44.8 Å². The molecule has 0 unspecified atom stereocenters. The molecule has 206 valence electrons. The van der Waals surface area contributed by atoms with Crippen LogP contribution in [-0.2, 0) is 21.5 Å². The molecule has 2 aliphatic heterocycles. The van der Waals surface area contributed by atoms with Crippen LogP contribution in [0.3, 0.4) is 0 Å². The van der Waals surface area contributed by atoms with E-state index in [1.807, 2.05) is 11.0 Å². The van der Waals surface area contributed by atoms with Crippen LogP contribution in [0.4, 0.5) is 14.6 Å². The number of hydrogen-bond acceptors (Lipinski definition) is 5. The second kappa shape index (κ2) is 11.8. The average Bonchev–Trinajstić information content (AvgIpc) is 3.00. The maximum atomic E-state index is 13.7. The highest BCUT2D eigenvalue weighted by Gasteiger charge is 2.44. The Kier molecular flexibility index (Phi) is 8.06. The maximum absolute atomic E-state index is 13.7. The number of amides is 2. The van der Waals surface area contributed by atoms with E-state index in [1.165, 1.54) is 24.3 Å². The maximum Gasteiger partial charge on any atom is 0.231 e. The number of carbonyl (C=O) groups is 2. The zero-order valence-corrected chi connectivity index (χ0v) is 22.2. The minimum atomic E-state index is -0.914. The molecular formula is C31H31F2N5O2. The largest absolute Gasteiger partial charge is 0.357 e. The van der Waals surface area contributed by atoms with E-state index in [4.69, 9.17) is 5.26 Å². The first-order chi connectivity index (χ1) is 19.4. The van der Waals surface area contributed by atoms with Gasteiger partial charge in [0.15, 0.2) is 0 Å². The number of benzene rings is 2. The summed E-state index contributed by atoms with van der Waals surface area (Å²) < 4.78 is 27.4. The van der Waals surface area contributed by atoms with Crippen LogP contribution in [-0.4, -0.2) is 47.9 Å². The van der Waals surface area contributed by atoms with E-state index in [0.717, 1.165) is 5.82 Å². The van der Waals surface area contributed by atoms with E-state index < -0.39 is 5.41 Å². The average molecular weight is 544 g/mol. The molecule has 3 aromatic rings. The molecule has 0 radical (unpaired) electrons.